The summed E-state index contributed by atoms with van der Waals surface area (Å²) in [6.45, 7) is 4.13. The third kappa shape index (κ3) is 9.89. The fraction of sp³-hybridized carbons (Fsp3) is 0.394. The van der Waals surface area contributed by atoms with E-state index in [1.165, 1.54) is 17.5 Å². The average molecular weight is 644 g/mol. The van der Waals surface area contributed by atoms with E-state index >= 15 is 0 Å². The van der Waals surface area contributed by atoms with Crippen molar-refractivity contribution in [3.05, 3.63) is 88.9 Å². The largest absolute Gasteiger partial charge is 0.497 e. The summed E-state index contributed by atoms with van der Waals surface area (Å²) in [7, 11) is -0.633. The van der Waals surface area contributed by atoms with Gasteiger partial charge in [-0.2, -0.15) is 0 Å². The van der Waals surface area contributed by atoms with Gasteiger partial charge in [0.25, 0.3) is 0 Å². The molecule has 2 amide bonds. The smallest absolute Gasteiger partial charge is 0.243 e. The second-order valence-electron chi connectivity index (χ2n) is 10.7. The zero-order valence-electron chi connectivity index (χ0n) is 26.0. The van der Waals surface area contributed by atoms with Crippen molar-refractivity contribution >= 4 is 39.1 Å². The standard InChI is InChI=1S/C33H42ClN3O6S/c1-6-24(2)35-33(39)30(21-25-12-8-7-9-13-25)36(23-26-14-10-15-28(20-26)42-3)32(38)16-11-19-37(44(5,40)41)27-17-18-31(43-4)29(34)22-27/h7-10,12-15,17-18,20,22,24,30H,6,11,16,19,21,23H2,1-5H3,(H,35,39)/t24-,30-/m1/s1. The van der Waals surface area contributed by atoms with Gasteiger partial charge in [0.1, 0.15) is 17.5 Å². The fourth-order valence-corrected chi connectivity index (χ4v) is 5.99. The van der Waals surface area contributed by atoms with Gasteiger partial charge in [-0.1, -0.05) is 61.0 Å². The zero-order chi connectivity index (χ0) is 32.3. The Balaban J connectivity index is 1.91. The maximum atomic E-state index is 14.0. The number of hydrogen-bond acceptors (Lipinski definition) is 6. The molecule has 0 aliphatic heterocycles. The topological polar surface area (TPSA) is 105 Å². The summed E-state index contributed by atoms with van der Waals surface area (Å²) in [6.07, 6.45) is 2.40. The molecular weight excluding hydrogens is 602 g/mol. The van der Waals surface area contributed by atoms with E-state index in [1.54, 1.807) is 24.1 Å². The number of nitrogens with zero attached hydrogens (tertiary/aromatic N) is 2. The van der Waals surface area contributed by atoms with Crippen LogP contribution in [0, 0.1) is 0 Å². The fourth-order valence-electron chi connectivity index (χ4n) is 4.78. The van der Waals surface area contributed by atoms with Gasteiger partial charge in [-0.25, -0.2) is 8.42 Å². The summed E-state index contributed by atoms with van der Waals surface area (Å²) >= 11 is 6.27. The molecular formula is C33H42ClN3O6S. The van der Waals surface area contributed by atoms with Crippen LogP contribution in [0.4, 0.5) is 5.69 Å². The van der Waals surface area contributed by atoms with Crippen LogP contribution >= 0.6 is 11.6 Å². The molecule has 0 aliphatic carbocycles. The van der Waals surface area contributed by atoms with Gasteiger partial charge < -0.3 is 19.7 Å². The number of amides is 2. The maximum absolute atomic E-state index is 14.0. The third-order valence-corrected chi connectivity index (χ3v) is 8.82. The SMILES string of the molecule is CC[C@@H](C)NC(=O)[C@@H](Cc1ccccc1)N(Cc1cccc(OC)c1)C(=O)CCCN(c1ccc(OC)c(Cl)c1)S(C)(=O)=O. The predicted octanol–water partition coefficient (Wildman–Crippen LogP) is 5.46. The van der Waals surface area contributed by atoms with Crippen LogP contribution in [0.5, 0.6) is 11.5 Å². The normalized spacial score (nSPS) is 12.6. The first-order valence-electron chi connectivity index (χ1n) is 14.5. The molecule has 0 aliphatic rings. The van der Waals surface area contributed by atoms with Crippen molar-refractivity contribution in [2.24, 2.45) is 0 Å². The molecule has 0 aromatic heterocycles. The molecule has 238 valence electrons. The molecule has 9 nitrogen and oxygen atoms in total. The molecule has 0 saturated carbocycles. The number of rotatable bonds is 16. The van der Waals surface area contributed by atoms with Crippen LogP contribution in [0.1, 0.15) is 44.2 Å². The van der Waals surface area contributed by atoms with Crippen LogP contribution in [0.15, 0.2) is 72.8 Å². The lowest BCUT2D eigenvalue weighted by Crippen LogP contribution is -2.52. The molecule has 0 radical (unpaired) electrons. The number of halogens is 1. The second kappa shape index (κ2) is 16.4. The Hall–Kier alpha value is -3.76. The number of carbonyl (C=O) groups excluding carboxylic acids is 2. The molecule has 1 N–H and O–H groups in total. The van der Waals surface area contributed by atoms with Crippen LogP contribution in [-0.4, -0.2) is 64.2 Å². The van der Waals surface area contributed by atoms with Crippen molar-refractivity contribution in [2.45, 2.75) is 58.2 Å². The Morgan fingerprint density at radius 3 is 2.27 bits per heavy atom. The van der Waals surface area contributed by atoms with Crippen LogP contribution in [0.3, 0.4) is 0 Å². The molecule has 44 heavy (non-hydrogen) atoms. The van der Waals surface area contributed by atoms with E-state index in [1.807, 2.05) is 68.4 Å². The monoisotopic (exact) mass is 643 g/mol. The van der Waals surface area contributed by atoms with Gasteiger partial charge >= 0.3 is 0 Å². The minimum Gasteiger partial charge on any atom is -0.497 e. The lowest BCUT2D eigenvalue weighted by molar-refractivity contribution is -0.141. The minimum atomic E-state index is -3.68. The van der Waals surface area contributed by atoms with Gasteiger partial charge in [0.05, 0.1) is 31.2 Å². The molecule has 2 atom stereocenters. The van der Waals surface area contributed by atoms with Crippen molar-refractivity contribution in [3.8, 4) is 11.5 Å². The predicted molar refractivity (Wildman–Crippen MR) is 175 cm³/mol. The van der Waals surface area contributed by atoms with Crippen LogP contribution in [0.2, 0.25) is 5.02 Å². The Bertz CT molecular complexity index is 1500. The quantitative estimate of drug-likeness (QED) is 0.222. The number of hydrogen-bond donors (Lipinski definition) is 1. The van der Waals surface area contributed by atoms with E-state index in [0.29, 0.717) is 23.6 Å². The first-order chi connectivity index (χ1) is 21.0. The molecule has 11 heteroatoms. The van der Waals surface area contributed by atoms with Crippen LogP contribution in [0.25, 0.3) is 0 Å². The Kier molecular flexibility index (Phi) is 12.9. The Morgan fingerprint density at radius 2 is 1.66 bits per heavy atom. The van der Waals surface area contributed by atoms with E-state index in [9.17, 15) is 18.0 Å². The van der Waals surface area contributed by atoms with Crippen molar-refractivity contribution < 1.29 is 27.5 Å². The van der Waals surface area contributed by atoms with Gasteiger partial charge in [0.2, 0.25) is 21.8 Å². The number of carbonyl (C=O) groups is 2. The molecule has 0 bridgehead atoms. The van der Waals surface area contributed by atoms with Gasteiger partial charge in [-0.3, -0.25) is 13.9 Å². The van der Waals surface area contributed by atoms with E-state index < -0.39 is 16.1 Å². The summed E-state index contributed by atoms with van der Waals surface area (Å²) < 4.78 is 37.3. The highest BCUT2D eigenvalue weighted by molar-refractivity contribution is 7.92. The van der Waals surface area contributed by atoms with Crippen molar-refractivity contribution in [3.63, 3.8) is 0 Å². The van der Waals surface area contributed by atoms with Crippen LogP contribution in [-0.2, 0) is 32.6 Å². The van der Waals surface area contributed by atoms with Gasteiger partial charge in [0, 0.05) is 32.0 Å². The molecule has 0 spiro atoms. The molecule has 0 saturated heterocycles. The average Bonchev–Trinajstić information content (AvgIpc) is 3.00. The first kappa shape index (κ1) is 34.7. The minimum absolute atomic E-state index is 0.0157. The maximum Gasteiger partial charge on any atom is 0.243 e. The van der Waals surface area contributed by atoms with Gasteiger partial charge in [0.15, 0.2) is 0 Å². The third-order valence-electron chi connectivity index (χ3n) is 7.33. The molecule has 0 unspecified atom stereocenters. The van der Waals surface area contributed by atoms with E-state index in [-0.39, 0.29) is 48.8 Å². The summed E-state index contributed by atoms with van der Waals surface area (Å²) in [6, 6.07) is 20.8. The van der Waals surface area contributed by atoms with Crippen molar-refractivity contribution in [2.75, 3.05) is 31.3 Å². The summed E-state index contributed by atoms with van der Waals surface area (Å²) in [5.74, 6) is 0.548. The summed E-state index contributed by atoms with van der Waals surface area (Å²) in [5, 5.41) is 3.33. The number of benzene rings is 3. The Labute approximate surface area is 266 Å². The number of anilines is 1. The highest BCUT2D eigenvalue weighted by Crippen LogP contribution is 2.30. The number of ether oxygens (including phenoxy) is 2. The lowest BCUT2D eigenvalue weighted by atomic mass is 10.0. The highest BCUT2D eigenvalue weighted by atomic mass is 35.5. The summed E-state index contributed by atoms with van der Waals surface area (Å²) in [4.78, 5) is 29.3. The molecule has 0 fully saturated rings. The molecule has 3 rings (SSSR count). The number of nitrogens with one attached hydrogen (secondary N) is 1. The van der Waals surface area contributed by atoms with Crippen molar-refractivity contribution in [1.82, 2.24) is 10.2 Å². The summed E-state index contributed by atoms with van der Waals surface area (Å²) in [5.41, 5.74) is 2.09. The van der Waals surface area contributed by atoms with E-state index in [2.05, 4.69) is 5.32 Å². The molecule has 0 heterocycles. The molecule has 3 aromatic rings. The lowest BCUT2D eigenvalue weighted by Gasteiger charge is -2.33. The zero-order valence-corrected chi connectivity index (χ0v) is 27.5. The Morgan fingerprint density at radius 1 is 0.955 bits per heavy atom. The van der Waals surface area contributed by atoms with Crippen molar-refractivity contribution in [1.29, 1.82) is 0 Å². The van der Waals surface area contributed by atoms with E-state index in [0.717, 1.165) is 23.8 Å². The second-order valence-corrected chi connectivity index (χ2v) is 13.0. The number of methoxy groups -OCH3 is 2. The number of sulfonamides is 1. The first-order valence-corrected chi connectivity index (χ1v) is 16.8. The highest BCUT2D eigenvalue weighted by Gasteiger charge is 2.31. The van der Waals surface area contributed by atoms with E-state index in [4.69, 9.17) is 21.1 Å². The van der Waals surface area contributed by atoms with Gasteiger partial charge in [-0.15, -0.1) is 0 Å². The molecule has 3 aromatic carbocycles. The van der Waals surface area contributed by atoms with Gasteiger partial charge in [-0.05, 0) is 61.2 Å². The van der Waals surface area contributed by atoms with Crippen LogP contribution < -0.4 is 19.1 Å².